The van der Waals surface area contributed by atoms with Crippen LogP contribution in [0.5, 0.6) is 0 Å². The van der Waals surface area contributed by atoms with Gasteiger partial charge in [-0.2, -0.15) is 5.10 Å². The second-order valence-corrected chi connectivity index (χ2v) is 6.09. The lowest BCUT2D eigenvalue weighted by atomic mass is 10.2. The van der Waals surface area contributed by atoms with Gasteiger partial charge in [-0.15, -0.1) is 0 Å². The number of hydrogen-bond donors (Lipinski definition) is 2. The Bertz CT molecular complexity index is 1230. The van der Waals surface area contributed by atoms with Gasteiger partial charge in [0.25, 0.3) is 5.56 Å². The molecule has 4 rings (SSSR count). The summed E-state index contributed by atoms with van der Waals surface area (Å²) in [5.74, 6) is -0.992. The van der Waals surface area contributed by atoms with E-state index in [-0.39, 0.29) is 17.9 Å². The molecule has 0 bridgehead atoms. The van der Waals surface area contributed by atoms with Gasteiger partial charge in [0.2, 0.25) is 5.91 Å². The Balaban J connectivity index is 1.60. The van der Waals surface area contributed by atoms with Crippen LogP contribution in [-0.2, 0) is 11.3 Å². The molecule has 0 radical (unpaired) electrons. The molecule has 0 spiro atoms. The summed E-state index contributed by atoms with van der Waals surface area (Å²) < 4.78 is 15.8. The molecule has 9 heteroatoms. The smallest absolute Gasteiger partial charge is 0.264 e. The zero-order valence-corrected chi connectivity index (χ0v) is 14.5. The van der Waals surface area contributed by atoms with Crippen LogP contribution < -0.4 is 16.6 Å². The van der Waals surface area contributed by atoms with Gasteiger partial charge in [0, 0.05) is 0 Å². The molecule has 2 aromatic heterocycles. The predicted octanol–water partition coefficient (Wildman–Crippen LogP) is 1.94. The van der Waals surface area contributed by atoms with Gasteiger partial charge < -0.3 is 11.1 Å². The molecule has 8 nitrogen and oxygen atoms in total. The van der Waals surface area contributed by atoms with Gasteiger partial charge >= 0.3 is 0 Å². The number of para-hydroxylation sites is 1. The number of benzene rings is 2. The Kier molecular flexibility index (Phi) is 4.32. The number of rotatable bonds is 4. The topological polar surface area (TPSA) is 108 Å². The first-order valence-corrected chi connectivity index (χ1v) is 8.36. The van der Waals surface area contributed by atoms with Crippen molar-refractivity contribution in [3.63, 3.8) is 0 Å². The van der Waals surface area contributed by atoms with E-state index in [1.165, 1.54) is 29.2 Å². The van der Waals surface area contributed by atoms with Crippen molar-refractivity contribution >= 4 is 28.3 Å². The Morgan fingerprint density at radius 2 is 1.96 bits per heavy atom. The van der Waals surface area contributed by atoms with Crippen molar-refractivity contribution in [2.24, 2.45) is 0 Å². The average Bonchev–Trinajstić information content (AvgIpc) is 3.12. The van der Waals surface area contributed by atoms with Gasteiger partial charge in [0.1, 0.15) is 24.1 Å². The van der Waals surface area contributed by atoms with E-state index in [4.69, 9.17) is 5.73 Å². The average molecular weight is 378 g/mol. The Hall–Kier alpha value is -4.01. The number of nitrogens with one attached hydrogen (secondary N) is 1. The van der Waals surface area contributed by atoms with Crippen molar-refractivity contribution in [1.82, 2.24) is 19.3 Å². The van der Waals surface area contributed by atoms with Gasteiger partial charge in [-0.05, 0) is 30.3 Å². The third-order valence-electron chi connectivity index (χ3n) is 4.16. The molecule has 0 fully saturated rings. The van der Waals surface area contributed by atoms with E-state index < -0.39 is 17.3 Å². The zero-order valence-electron chi connectivity index (χ0n) is 14.5. The normalized spacial score (nSPS) is 10.9. The van der Waals surface area contributed by atoms with Gasteiger partial charge in [-0.25, -0.2) is 14.1 Å². The number of halogens is 1. The van der Waals surface area contributed by atoms with Crippen molar-refractivity contribution in [2.75, 3.05) is 11.1 Å². The summed E-state index contributed by atoms with van der Waals surface area (Å²) in [7, 11) is 0. The van der Waals surface area contributed by atoms with Crippen LogP contribution >= 0.6 is 0 Å². The summed E-state index contributed by atoms with van der Waals surface area (Å²) in [6.07, 6.45) is 2.71. The number of hydrogen-bond acceptors (Lipinski definition) is 5. The molecule has 0 aliphatic heterocycles. The fourth-order valence-corrected chi connectivity index (χ4v) is 2.81. The van der Waals surface area contributed by atoms with E-state index in [1.54, 1.807) is 4.68 Å². The lowest BCUT2D eigenvalue weighted by Crippen LogP contribution is -2.28. The first-order chi connectivity index (χ1) is 13.5. The van der Waals surface area contributed by atoms with Crippen molar-refractivity contribution < 1.29 is 9.18 Å². The molecule has 4 aromatic rings. The molecule has 140 valence electrons. The van der Waals surface area contributed by atoms with E-state index in [1.807, 2.05) is 30.3 Å². The van der Waals surface area contributed by atoms with Crippen LogP contribution in [0, 0.1) is 5.82 Å². The number of nitrogen functional groups attached to an aromatic ring is 1. The second-order valence-electron chi connectivity index (χ2n) is 6.09. The molecule has 28 heavy (non-hydrogen) atoms. The molecular weight excluding hydrogens is 363 g/mol. The first kappa shape index (κ1) is 17.4. The summed E-state index contributed by atoms with van der Waals surface area (Å²) >= 11 is 0. The second kappa shape index (κ2) is 6.95. The number of anilines is 2. The van der Waals surface area contributed by atoms with E-state index in [0.717, 1.165) is 11.8 Å². The van der Waals surface area contributed by atoms with Crippen molar-refractivity contribution in [3.05, 3.63) is 77.2 Å². The highest BCUT2D eigenvalue weighted by Gasteiger charge is 2.14. The molecule has 0 aliphatic rings. The standard InChI is InChI=1S/C19H15FN6O2/c20-12-6-7-16(15(21)8-12)24-17(27)10-25-11-22-18-14(19(25)28)9-23-26(18)13-4-2-1-3-5-13/h1-9,11H,10,21H2,(H,24,27). The zero-order chi connectivity index (χ0) is 19.7. The van der Waals surface area contributed by atoms with E-state index in [2.05, 4.69) is 15.4 Å². The van der Waals surface area contributed by atoms with E-state index in [9.17, 15) is 14.0 Å². The minimum absolute atomic E-state index is 0.0958. The number of aromatic nitrogens is 4. The molecule has 0 saturated carbocycles. The fraction of sp³-hybridized carbons (Fsp3) is 0.0526. The quantitative estimate of drug-likeness (QED) is 0.528. The number of amides is 1. The predicted molar refractivity (Wildman–Crippen MR) is 103 cm³/mol. The third-order valence-corrected chi connectivity index (χ3v) is 4.16. The van der Waals surface area contributed by atoms with E-state index in [0.29, 0.717) is 11.0 Å². The highest BCUT2D eigenvalue weighted by molar-refractivity contribution is 5.93. The highest BCUT2D eigenvalue weighted by atomic mass is 19.1. The summed E-state index contributed by atoms with van der Waals surface area (Å²) in [6.45, 7) is -0.269. The Labute approximate surface area is 158 Å². The fourth-order valence-electron chi connectivity index (χ4n) is 2.81. The lowest BCUT2D eigenvalue weighted by molar-refractivity contribution is -0.116. The number of carbonyl (C=O) groups excluding carboxylic acids is 1. The molecule has 0 saturated heterocycles. The van der Waals surface area contributed by atoms with Crippen LogP contribution in [-0.4, -0.2) is 25.2 Å². The highest BCUT2D eigenvalue weighted by Crippen LogP contribution is 2.19. The van der Waals surface area contributed by atoms with Crippen LogP contribution in [0.25, 0.3) is 16.7 Å². The molecule has 0 aliphatic carbocycles. The number of fused-ring (bicyclic) bond motifs is 1. The number of carbonyl (C=O) groups is 1. The minimum atomic E-state index is -0.503. The maximum Gasteiger partial charge on any atom is 0.264 e. The van der Waals surface area contributed by atoms with Crippen molar-refractivity contribution in [3.8, 4) is 5.69 Å². The van der Waals surface area contributed by atoms with Crippen molar-refractivity contribution in [2.45, 2.75) is 6.54 Å². The van der Waals surface area contributed by atoms with Crippen LogP contribution in [0.3, 0.4) is 0 Å². The van der Waals surface area contributed by atoms with Crippen LogP contribution in [0.15, 0.2) is 65.8 Å². The Morgan fingerprint density at radius 3 is 2.71 bits per heavy atom. The maximum absolute atomic E-state index is 13.1. The van der Waals surface area contributed by atoms with Gasteiger partial charge in [-0.1, -0.05) is 18.2 Å². The molecule has 2 aromatic carbocycles. The number of nitrogens with zero attached hydrogens (tertiary/aromatic N) is 4. The number of nitrogens with two attached hydrogens (primary N) is 1. The van der Waals surface area contributed by atoms with Crippen molar-refractivity contribution in [1.29, 1.82) is 0 Å². The SMILES string of the molecule is Nc1cc(F)ccc1NC(=O)Cn1cnc2c(cnn2-c2ccccc2)c1=O. The monoisotopic (exact) mass is 378 g/mol. The third kappa shape index (κ3) is 3.20. The molecule has 2 heterocycles. The molecular formula is C19H15FN6O2. The summed E-state index contributed by atoms with van der Waals surface area (Å²) in [4.78, 5) is 29.2. The summed E-state index contributed by atoms with van der Waals surface area (Å²) in [5, 5.41) is 7.07. The van der Waals surface area contributed by atoms with Crippen LogP contribution in [0.1, 0.15) is 0 Å². The van der Waals surface area contributed by atoms with E-state index >= 15 is 0 Å². The van der Waals surface area contributed by atoms with Gasteiger partial charge in [-0.3, -0.25) is 14.2 Å². The van der Waals surface area contributed by atoms with Crippen LogP contribution in [0.4, 0.5) is 15.8 Å². The first-order valence-electron chi connectivity index (χ1n) is 8.36. The maximum atomic E-state index is 13.1. The molecule has 0 atom stereocenters. The Morgan fingerprint density at radius 1 is 1.18 bits per heavy atom. The summed E-state index contributed by atoms with van der Waals surface area (Å²) in [6, 6.07) is 12.9. The lowest BCUT2D eigenvalue weighted by Gasteiger charge is -2.09. The van der Waals surface area contributed by atoms with Crippen LogP contribution in [0.2, 0.25) is 0 Å². The largest absolute Gasteiger partial charge is 0.397 e. The summed E-state index contributed by atoms with van der Waals surface area (Å²) in [5.41, 5.74) is 6.82. The molecule has 1 amide bonds. The molecule has 0 unspecified atom stereocenters. The van der Waals surface area contributed by atoms with Gasteiger partial charge in [0.05, 0.1) is 23.3 Å². The minimum Gasteiger partial charge on any atom is -0.397 e. The molecule has 3 N–H and O–H groups in total. The van der Waals surface area contributed by atoms with Gasteiger partial charge in [0.15, 0.2) is 5.65 Å².